The molecule has 0 radical (unpaired) electrons. The van der Waals surface area contributed by atoms with Gasteiger partial charge >= 0.3 is 0 Å². The van der Waals surface area contributed by atoms with Gasteiger partial charge in [0.1, 0.15) is 5.65 Å². The average Bonchev–Trinajstić information content (AvgIpc) is 3.42. The zero-order valence-corrected chi connectivity index (χ0v) is 21.1. The van der Waals surface area contributed by atoms with Gasteiger partial charge in [-0.3, -0.25) is 9.38 Å². The highest BCUT2D eigenvalue weighted by Crippen LogP contribution is 2.39. The van der Waals surface area contributed by atoms with Crippen molar-refractivity contribution >= 4 is 38.2 Å². The van der Waals surface area contributed by atoms with Crippen LogP contribution in [0.3, 0.4) is 0 Å². The Hall–Kier alpha value is -5.28. The number of hydrogen-bond donors (Lipinski definition) is 0. The van der Waals surface area contributed by atoms with Crippen LogP contribution in [0, 0.1) is 0 Å². The molecule has 39 heavy (non-hydrogen) atoms. The Morgan fingerprint density at radius 3 is 2.03 bits per heavy atom. The van der Waals surface area contributed by atoms with Crippen molar-refractivity contribution < 1.29 is 0 Å². The van der Waals surface area contributed by atoms with Gasteiger partial charge < -0.3 is 0 Å². The van der Waals surface area contributed by atoms with Crippen LogP contribution < -0.4 is 0 Å². The monoisotopic (exact) mass is 497 g/mol. The van der Waals surface area contributed by atoms with Crippen molar-refractivity contribution in [3.63, 3.8) is 0 Å². The maximum atomic E-state index is 5.07. The molecule has 0 aliphatic heterocycles. The van der Waals surface area contributed by atoms with Crippen LogP contribution in [0.25, 0.3) is 71.7 Å². The maximum Gasteiger partial charge on any atom is 0.137 e. The fraction of sp³-hybridized carbons (Fsp3) is 0. The molecule has 0 bridgehead atoms. The molecule has 3 nitrogen and oxygen atoms in total. The molecule has 0 unspecified atom stereocenters. The van der Waals surface area contributed by atoms with Crippen LogP contribution in [-0.2, 0) is 0 Å². The summed E-state index contributed by atoms with van der Waals surface area (Å²) in [6, 6.07) is 45.1. The lowest BCUT2D eigenvalue weighted by molar-refractivity contribution is 1.23. The van der Waals surface area contributed by atoms with Gasteiger partial charge in [-0.05, 0) is 75.5 Å². The topological polar surface area (TPSA) is 30.2 Å². The lowest BCUT2D eigenvalue weighted by atomic mass is 9.93. The third-order valence-corrected chi connectivity index (χ3v) is 7.63. The van der Waals surface area contributed by atoms with Crippen molar-refractivity contribution in [1.82, 2.24) is 14.4 Å². The summed E-state index contributed by atoms with van der Waals surface area (Å²) in [4.78, 5) is 9.69. The lowest BCUT2D eigenvalue weighted by Crippen LogP contribution is -1.89. The van der Waals surface area contributed by atoms with E-state index in [1.165, 1.54) is 38.4 Å². The smallest absolute Gasteiger partial charge is 0.137 e. The molecule has 0 spiro atoms. The van der Waals surface area contributed by atoms with E-state index in [-0.39, 0.29) is 0 Å². The Labute approximate surface area is 225 Å². The number of nitrogens with zero attached hydrogens (tertiary/aromatic N) is 3. The number of imidazole rings is 1. The Bertz CT molecular complexity index is 2160. The Kier molecular flexibility index (Phi) is 4.82. The van der Waals surface area contributed by atoms with Crippen molar-refractivity contribution in [3.8, 4) is 33.5 Å². The van der Waals surface area contributed by atoms with Gasteiger partial charge in [-0.15, -0.1) is 0 Å². The molecule has 5 aromatic carbocycles. The van der Waals surface area contributed by atoms with E-state index in [9.17, 15) is 0 Å². The van der Waals surface area contributed by atoms with Crippen LogP contribution in [0.1, 0.15) is 0 Å². The van der Waals surface area contributed by atoms with Crippen molar-refractivity contribution in [1.29, 1.82) is 0 Å². The summed E-state index contributed by atoms with van der Waals surface area (Å²) in [7, 11) is 0. The van der Waals surface area contributed by atoms with E-state index in [0.717, 1.165) is 33.3 Å². The summed E-state index contributed by atoms with van der Waals surface area (Å²) in [5.41, 5.74) is 10.0. The van der Waals surface area contributed by atoms with Gasteiger partial charge in [-0.1, -0.05) is 84.9 Å². The average molecular weight is 498 g/mol. The lowest BCUT2D eigenvalue weighted by Gasteiger charge is -2.12. The molecule has 0 saturated heterocycles. The Morgan fingerprint density at radius 1 is 0.462 bits per heavy atom. The molecule has 8 aromatic rings. The minimum atomic E-state index is 0.953. The molecular weight excluding hydrogens is 474 g/mol. The molecule has 0 atom stereocenters. The van der Waals surface area contributed by atoms with E-state index >= 15 is 0 Å². The third-order valence-electron chi connectivity index (χ3n) is 7.63. The molecule has 0 aliphatic rings. The van der Waals surface area contributed by atoms with Crippen LogP contribution in [0.15, 0.2) is 140 Å². The van der Waals surface area contributed by atoms with E-state index in [2.05, 4.69) is 125 Å². The van der Waals surface area contributed by atoms with Gasteiger partial charge in [0.05, 0.1) is 16.7 Å². The minimum Gasteiger partial charge on any atom is -0.299 e. The van der Waals surface area contributed by atoms with Crippen molar-refractivity contribution in [2.24, 2.45) is 0 Å². The number of benzene rings is 5. The number of rotatable bonds is 3. The maximum absolute atomic E-state index is 5.07. The number of hydrogen-bond acceptors (Lipinski definition) is 2. The number of aromatic nitrogens is 3. The summed E-state index contributed by atoms with van der Waals surface area (Å²) in [5, 5.41) is 4.74. The predicted octanol–water partition coefficient (Wildman–Crippen LogP) is 9.19. The molecule has 3 heteroatoms. The molecule has 0 saturated carbocycles. The molecule has 3 aromatic heterocycles. The zero-order chi connectivity index (χ0) is 25.8. The summed E-state index contributed by atoms with van der Waals surface area (Å²) < 4.78 is 2.21. The van der Waals surface area contributed by atoms with E-state index in [1.807, 2.05) is 24.4 Å². The van der Waals surface area contributed by atoms with Crippen molar-refractivity contribution in [2.45, 2.75) is 0 Å². The molecule has 0 N–H and O–H groups in total. The molecule has 182 valence electrons. The van der Waals surface area contributed by atoms with Gasteiger partial charge in [-0.25, -0.2) is 4.98 Å². The van der Waals surface area contributed by atoms with Crippen LogP contribution in [0.2, 0.25) is 0 Å². The molecule has 0 fully saturated rings. The van der Waals surface area contributed by atoms with Gasteiger partial charge in [0.15, 0.2) is 0 Å². The van der Waals surface area contributed by atoms with E-state index < -0.39 is 0 Å². The molecule has 0 amide bonds. The number of pyridine rings is 2. The van der Waals surface area contributed by atoms with Gasteiger partial charge in [-0.2, -0.15) is 0 Å². The highest BCUT2D eigenvalue weighted by Gasteiger charge is 2.16. The fourth-order valence-corrected chi connectivity index (χ4v) is 5.77. The third kappa shape index (κ3) is 3.52. The van der Waals surface area contributed by atoms with Gasteiger partial charge in [0.25, 0.3) is 0 Å². The highest BCUT2D eigenvalue weighted by molar-refractivity contribution is 6.25. The summed E-state index contributed by atoms with van der Waals surface area (Å²) in [6.45, 7) is 0. The van der Waals surface area contributed by atoms with Crippen molar-refractivity contribution in [2.75, 3.05) is 0 Å². The summed E-state index contributed by atoms with van der Waals surface area (Å²) in [6.07, 6.45) is 3.95. The second kappa shape index (κ2) is 8.64. The van der Waals surface area contributed by atoms with Crippen LogP contribution >= 0.6 is 0 Å². The van der Waals surface area contributed by atoms with Gasteiger partial charge in [0, 0.05) is 28.7 Å². The second-order valence-corrected chi connectivity index (χ2v) is 9.92. The second-order valence-electron chi connectivity index (χ2n) is 9.92. The molecule has 8 rings (SSSR count). The van der Waals surface area contributed by atoms with Crippen molar-refractivity contribution in [3.05, 3.63) is 140 Å². The summed E-state index contributed by atoms with van der Waals surface area (Å²) >= 11 is 0. The first-order chi connectivity index (χ1) is 19.3. The normalized spacial score (nSPS) is 11.6. The minimum absolute atomic E-state index is 0.953. The number of fused-ring (bicyclic) bond motifs is 8. The van der Waals surface area contributed by atoms with Crippen LogP contribution in [-0.4, -0.2) is 14.4 Å². The van der Waals surface area contributed by atoms with E-state index in [4.69, 9.17) is 4.98 Å². The first kappa shape index (κ1) is 21.8. The highest BCUT2D eigenvalue weighted by atomic mass is 15.0. The standard InChI is InChI=1S/C36H23N3/c1-2-9-24(10-3-1)25-11-8-12-26(21-25)27-15-18-30-32(22-27)31-23-28(33-13-4-6-19-37-33)16-17-29(31)35-36(30)39-20-7-5-14-34(39)38-35/h1-23H. The predicted molar refractivity (Wildman–Crippen MR) is 162 cm³/mol. The van der Waals surface area contributed by atoms with E-state index in [0.29, 0.717) is 0 Å². The van der Waals surface area contributed by atoms with Crippen LogP contribution in [0.5, 0.6) is 0 Å². The van der Waals surface area contributed by atoms with Gasteiger partial charge in [0.2, 0.25) is 0 Å². The largest absolute Gasteiger partial charge is 0.299 e. The van der Waals surface area contributed by atoms with E-state index in [1.54, 1.807) is 0 Å². The first-order valence-corrected chi connectivity index (χ1v) is 13.2. The fourth-order valence-electron chi connectivity index (χ4n) is 5.77. The quantitative estimate of drug-likeness (QED) is 0.228. The SMILES string of the molecule is c1ccc(-c2cccc(-c3ccc4c(c3)c3cc(-c5ccccn5)ccc3c3nc5ccccn5c43)c2)cc1. The molecular formula is C36H23N3. The summed E-state index contributed by atoms with van der Waals surface area (Å²) in [5.74, 6) is 0. The molecule has 3 heterocycles. The molecule has 0 aliphatic carbocycles. The zero-order valence-electron chi connectivity index (χ0n) is 21.1. The van der Waals surface area contributed by atoms with Crippen LogP contribution in [0.4, 0.5) is 0 Å². The first-order valence-electron chi connectivity index (χ1n) is 13.2. The Morgan fingerprint density at radius 2 is 1.15 bits per heavy atom. The Balaban J connectivity index is 1.43.